The summed E-state index contributed by atoms with van der Waals surface area (Å²) in [5.74, 6) is 0.498. The largest absolute Gasteiger partial charge is 0.383 e. The Hall–Kier alpha value is -0.160. The van der Waals surface area contributed by atoms with Crippen LogP contribution >= 0.6 is 22.9 Å². The number of aromatic nitrogens is 1. The number of thiazole rings is 1. The monoisotopic (exact) mass is 276 g/mol. The average Bonchev–Trinajstić information content (AvgIpc) is 2.81. The van der Waals surface area contributed by atoms with Gasteiger partial charge >= 0.3 is 0 Å². The van der Waals surface area contributed by atoms with Crippen molar-refractivity contribution in [3.05, 3.63) is 16.1 Å². The van der Waals surface area contributed by atoms with Gasteiger partial charge in [-0.3, -0.25) is 4.90 Å². The van der Waals surface area contributed by atoms with Gasteiger partial charge in [-0.2, -0.15) is 0 Å². The predicted octanol–water partition coefficient (Wildman–Crippen LogP) is 3.13. The van der Waals surface area contributed by atoms with Crippen molar-refractivity contribution in [1.29, 1.82) is 0 Å². The van der Waals surface area contributed by atoms with Crippen LogP contribution in [0.4, 0.5) is 0 Å². The molecule has 0 aliphatic heterocycles. The molecule has 0 saturated carbocycles. The second kappa shape index (κ2) is 8.03. The smallest absolute Gasteiger partial charge is 0.107 e. The van der Waals surface area contributed by atoms with Crippen molar-refractivity contribution in [2.45, 2.75) is 38.7 Å². The molecule has 0 amide bonds. The summed E-state index contributed by atoms with van der Waals surface area (Å²) in [6.45, 7) is 7.04. The molecule has 0 aliphatic rings. The summed E-state index contributed by atoms with van der Waals surface area (Å²) in [7, 11) is 1.74. The molecule has 3 nitrogen and oxygen atoms in total. The van der Waals surface area contributed by atoms with Gasteiger partial charge in [-0.1, -0.05) is 6.92 Å². The van der Waals surface area contributed by atoms with E-state index in [-0.39, 0.29) is 0 Å². The Morgan fingerprint density at radius 3 is 2.88 bits per heavy atom. The highest BCUT2D eigenvalue weighted by Crippen LogP contribution is 2.16. The highest BCUT2D eigenvalue weighted by molar-refractivity contribution is 7.09. The van der Waals surface area contributed by atoms with Crippen molar-refractivity contribution in [3.8, 4) is 0 Å². The van der Waals surface area contributed by atoms with Crippen LogP contribution in [0.15, 0.2) is 5.38 Å². The maximum atomic E-state index is 5.76. The van der Waals surface area contributed by atoms with Crippen LogP contribution < -0.4 is 0 Å². The molecule has 1 aromatic heterocycles. The van der Waals surface area contributed by atoms with E-state index in [4.69, 9.17) is 16.3 Å². The SMILES string of the molecule is CCC(C)N(CCOC)Cc1nc(CCl)cs1. The molecule has 17 heavy (non-hydrogen) atoms. The maximum Gasteiger partial charge on any atom is 0.107 e. The number of methoxy groups -OCH3 is 1. The fourth-order valence-electron chi connectivity index (χ4n) is 1.58. The Morgan fingerprint density at radius 2 is 2.35 bits per heavy atom. The highest BCUT2D eigenvalue weighted by Gasteiger charge is 2.14. The zero-order chi connectivity index (χ0) is 12.7. The van der Waals surface area contributed by atoms with Crippen LogP contribution in [0.25, 0.3) is 0 Å². The number of ether oxygens (including phenoxy) is 1. The third-order valence-corrected chi connectivity index (χ3v) is 4.03. The molecule has 98 valence electrons. The Labute approximate surface area is 113 Å². The van der Waals surface area contributed by atoms with Crippen molar-refractivity contribution in [1.82, 2.24) is 9.88 Å². The van der Waals surface area contributed by atoms with E-state index in [1.54, 1.807) is 18.4 Å². The van der Waals surface area contributed by atoms with E-state index in [0.29, 0.717) is 11.9 Å². The van der Waals surface area contributed by atoms with Crippen LogP contribution in [0.5, 0.6) is 0 Å². The Kier molecular flexibility index (Phi) is 7.04. The number of hydrogen-bond acceptors (Lipinski definition) is 4. The molecular weight excluding hydrogens is 256 g/mol. The number of halogens is 1. The van der Waals surface area contributed by atoms with E-state index in [0.717, 1.165) is 36.8 Å². The van der Waals surface area contributed by atoms with Gasteiger partial charge in [-0.25, -0.2) is 4.98 Å². The zero-order valence-electron chi connectivity index (χ0n) is 10.8. The topological polar surface area (TPSA) is 25.4 Å². The third-order valence-electron chi connectivity index (χ3n) is 2.87. The molecule has 0 fully saturated rings. The fourth-order valence-corrected chi connectivity index (χ4v) is 2.63. The Balaban J connectivity index is 2.57. The lowest BCUT2D eigenvalue weighted by Crippen LogP contribution is -2.34. The summed E-state index contributed by atoms with van der Waals surface area (Å²) in [5, 5.41) is 3.17. The van der Waals surface area contributed by atoms with Gasteiger partial charge in [0.25, 0.3) is 0 Å². The van der Waals surface area contributed by atoms with E-state index in [2.05, 4.69) is 23.7 Å². The zero-order valence-corrected chi connectivity index (χ0v) is 12.4. The minimum atomic E-state index is 0.498. The first kappa shape index (κ1) is 14.9. The molecule has 5 heteroatoms. The number of hydrogen-bond donors (Lipinski definition) is 0. The minimum Gasteiger partial charge on any atom is -0.383 e. The second-order valence-corrected chi connectivity index (χ2v) is 5.30. The van der Waals surface area contributed by atoms with E-state index in [1.807, 2.05) is 5.38 Å². The molecule has 0 saturated heterocycles. The van der Waals surface area contributed by atoms with Gasteiger partial charge in [0.05, 0.1) is 24.7 Å². The first-order valence-corrected chi connectivity index (χ1v) is 7.34. The maximum absolute atomic E-state index is 5.76. The Bertz CT molecular complexity index is 319. The second-order valence-electron chi connectivity index (χ2n) is 4.09. The quantitative estimate of drug-likeness (QED) is 0.682. The molecule has 1 unspecified atom stereocenters. The summed E-state index contributed by atoms with van der Waals surface area (Å²) in [5.41, 5.74) is 0.975. The first-order chi connectivity index (χ1) is 8.21. The van der Waals surface area contributed by atoms with Crippen LogP contribution in [0.2, 0.25) is 0 Å². The molecule has 0 N–H and O–H groups in total. The third kappa shape index (κ3) is 4.92. The van der Waals surface area contributed by atoms with Crippen LogP contribution in [0.1, 0.15) is 31.0 Å². The number of rotatable bonds is 8. The predicted molar refractivity (Wildman–Crippen MR) is 73.7 cm³/mol. The number of alkyl halides is 1. The summed E-state index contributed by atoms with van der Waals surface area (Å²) in [6.07, 6.45) is 1.14. The van der Waals surface area contributed by atoms with Crippen LogP contribution in [0, 0.1) is 0 Å². The molecule has 1 heterocycles. The number of nitrogens with zero attached hydrogens (tertiary/aromatic N) is 2. The normalized spacial score (nSPS) is 13.2. The van der Waals surface area contributed by atoms with E-state index in [9.17, 15) is 0 Å². The van der Waals surface area contributed by atoms with Crippen molar-refractivity contribution >= 4 is 22.9 Å². The average molecular weight is 277 g/mol. The van der Waals surface area contributed by atoms with E-state index in [1.165, 1.54) is 0 Å². The minimum absolute atomic E-state index is 0.498. The molecule has 0 spiro atoms. The molecular formula is C12H21ClN2OS. The van der Waals surface area contributed by atoms with Gasteiger partial charge in [-0.15, -0.1) is 22.9 Å². The van der Waals surface area contributed by atoms with Gasteiger partial charge in [0.2, 0.25) is 0 Å². The molecule has 0 aromatic carbocycles. The van der Waals surface area contributed by atoms with Gasteiger partial charge < -0.3 is 4.74 Å². The van der Waals surface area contributed by atoms with Crippen LogP contribution in [-0.2, 0) is 17.2 Å². The molecule has 1 rings (SSSR count). The highest BCUT2D eigenvalue weighted by atomic mass is 35.5. The molecule has 0 bridgehead atoms. The first-order valence-electron chi connectivity index (χ1n) is 5.93. The lowest BCUT2D eigenvalue weighted by Gasteiger charge is -2.27. The van der Waals surface area contributed by atoms with Gasteiger partial charge in [0, 0.05) is 25.1 Å². The van der Waals surface area contributed by atoms with E-state index >= 15 is 0 Å². The van der Waals surface area contributed by atoms with Crippen molar-refractivity contribution in [2.75, 3.05) is 20.3 Å². The summed E-state index contributed by atoms with van der Waals surface area (Å²) < 4.78 is 5.15. The standard InChI is InChI=1S/C12H21ClN2OS/c1-4-10(2)15(5-6-16-3)8-12-14-11(7-13)9-17-12/h9-10H,4-8H2,1-3H3. The van der Waals surface area contributed by atoms with Gasteiger partial charge in [0.1, 0.15) is 5.01 Å². The Morgan fingerprint density at radius 1 is 1.59 bits per heavy atom. The fraction of sp³-hybridized carbons (Fsp3) is 0.750. The molecule has 0 radical (unpaired) electrons. The van der Waals surface area contributed by atoms with Crippen LogP contribution in [-0.4, -0.2) is 36.2 Å². The molecule has 1 aromatic rings. The van der Waals surface area contributed by atoms with Gasteiger partial charge in [-0.05, 0) is 13.3 Å². The lowest BCUT2D eigenvalue weighted by molar-refractivity contribution is 0.118. The van der Waals surface area contributed by atoms with Crippen molar-refractivity contribution in [2.24, 2.45) is 0 Å². The summed E-state index contributed by atoms with van der Waals surface area (Å²) in [6, 6.07) is 0.550. The van der Waals surface area contributed by atoms with Gasteiger partial charge in [0.15, 0.2) is 0 Å². The summed E-state index contributed by atoms with van der Waals surface area (Å²) in [4.78, 5) is 6.90. The van der Waals surface area contributed by atoms with Crippen molar-refractivity contribution in [3.63, 3.8) is 0 Å². The molecule has 1 atom stereocenters. The summed E-state index contributed by atoms with van der Waals surface area (Å²) >= 11 is 7.45. The van der Waals surface area contributed by atoms with Crippen molar-refractivity contribution < 1.29 is 4.74 Å². The lowest BCUT2D eigenvalue weighted by atomic mass is 10.2. The molecule has 0 aliphatic carbocycles. The van der Waals surface area contributed by atoms with E-state index < -0.39 is 0 Å². The van der Waals surface area contributed by atoms with Crippen LogP contribution in [0.3, 0.4) is 0 Å².